The largest absolute Gasteiger partial charge is 0.0882 e. The van der Waals surface area contributed by atoms with Gasteiger partial charge in [0, 0.05) is 0 Å². The molecule has 0 bridgehead atoms. The molecule has 0 aromatic heterocycles. The molecule has 0 aromatic rings. The fourth-order valence-corrected chi connectivity index (χ4v) is 1.70. The molecule has 0 aromatic carbocycles. The van der Waals surface area contributed by atoms with Gasteiger partial charge in [0.25, 0.3) is 0 Å². The van der Waals surface area contributed by atoms with E-state index in [1.807, 2.05) is 0 Å². The van der Waals surface area contributed by atoms with Gasteiger partial charge >= 0.3 is 0 Å². The maximum absolute atomic E-state index is 2.45. The Bertz CT molecular complexity index is 172. The van der Waals surface area contributed by atoms with Gasteiger partial charge in [-0.2, -0.15) is 0 Å². The minimum atomic E-state index is 0.819. The van der Waals surface area contributed by atoms with Crippen LogP contribution in [-0.2, 0) is 0 Å². The second-order valence-electron chi connectivity index (χ2n) is 4.05. The molecule has 68 valence electrons. The monoisotopic (exact) mass is 164 g/mol. The Morgan fingerprint density at radius 2 is 1.92 bits per heavy atom. The highest BCUT2D eigenvalue weighted by Gasteiger charge is 2.01. The highest BCUT2D eigenvalue weighted by atomic mass is 14.1. The Balaban J connectivity index is 2.40. The quantitative estimate of drug-likeness (QED) is 0.539. The first-order chi connectivity index (χ1) is 5.79. The fourth-order valence-electron chi connectivity index (χ4n) is 1.70. The van der Waals surface area contributed by atoms with E-state index in [2.05, 4.69) is 32.1 Å². The summed E-state index contributed by atoms with van der Waals surface area (Å²) in [7, 11) is 0. The molecule has 0 nitrogen and oxygen atoms in total. The molecule has 1 aliphatic carbocycles. The molecule has 12 heavy (non-hydrogen) atoms. The molecule has 0 radical (unpaired) electrons. The molecule has 0 heterocycles. The normalized spacial score (nSPS) is 25.8. The maximum atomic E-state index is 2.45. The molecule has 0 spiro atoms. The van der Waals surface area contributed by atoms with Crippen molar-refractivity contribution in [1.29, 1.82) is 0 Å². The smallest absolute Gasteiger partial charge is 0.0285 e. The topological polar surface area (TPSA) is 0 Å². The van der Waals surface area contributed by atoms with Gasteiger partial charge in [0.15, 0.2) is 0 Å². The van der Waals surface area contributed by atoms with Gasteiger partial charge in [-0.25, -0.2) is 0 Å². The number of rotatable bonds is 2. The van der Waals surface area contributed by atoms with Gasteiger partial charge in [0.05, 0.1) is 0 Å². The third-order valence-corrected chi connectivity index (χ3v) is 2.24. The zero-order valence-electron chi connectivity index (χ0n) is 8.34. The Kier molecular flexibility index (Phi) is 4.13. The average Bonchev–Trinajstić information content (AvgIpc) is 1.93. The van der Waals surface area contributed by atoms with E-state index < -0.39 is 0 Å². The Morgan fingerprint density at radius 1 is 1.17 bits per heavy atom. The van der Waals surface area contributed by atoms with Crippen LogP contribution in [0, 0.1) is 5.92 Å². The standard InChI is InChI=1S/C12H20/c1-11(2)10-12-8-6-4-3-5-7-9-12/h3-4,9,11H,5-8,10H2,1-2H3/b4-3-,12-9+. The van der Waals surface area contributed by atoms with E-state index in [9.17, 15) is 0 Å². The lowest BCUT2D eigenvalue weighted by Crippen LogP contribution is -1.93. The fraction of sp³-hybridized carbons (Fsp3) is 0.667. The van der Waals surface area contributed by atoms with Gasteiger partial charge in [-0.15, -0.1) is 0 Å². The third kappa shape index (κ3) is 3.75. The first kappa shape index (κ1) is 9.57. The van der Waals surface area contributed by atoms with Crippen molar-refractivity contribution in [1.82, 2.24) is 0 Å². The van der Waals surface area contributed by atoms with E-state index in [4.69, 9.17) is 0 Å². The van der Waals surface area contributed by atoms with E-state index >= 15 is 0 Å². The van der Waals surface area contributed by atoms with E-state index in [-0.39, 0.29) is 0 Å². The van der Waals surface area contributed by atoms with Gasteiger partial charge in [-0.05, 0) is 38.0 Å². The van der Waals surface area contributed by atoms with E-state index in [1.54, 1.807) is 5.57 Å². The van der Waals surface area contributed by atoms with Crippen molar-refractivity contribution in [2.24, 2.45) is 5.92 Å². The van der Waals surface area contributed by atoms with E-state index in [1.165, 1.54) is 32.1 Å². The van der Waals surface area contributed by atoms with Crippen molar-refractivity contribution in [3.05, 3.63) is 23.8 Å². The van der Waals surface area contributed by atoms with Crippen molar-refractivity contribution < 1.29 is 0 Å². The molecule has 0 unspecified atom stereocenters. The lowest BCUT2D eigenvalue weighted by molar-refractivity contribution is 0.621. The Hall–Kier alpha value is -0.520. The minimum absolute atomic E-state index is 0.819. The molecular weight excluding hydrogens is 144 g/mol. The number of hydrogen-bond donors (Lipinski definition) is 0. The van der Waals surface area contributed by atoms with Crippen molar-refractivity contribution in [3.63, 3.8) is 0 Å². The SMILES string of the molecule is CC(C)C/C1=C/CC/C=C\CC1. The van der Waals surface area contributed by atoms with Crippen LogP contribution in [0.15, 0.2) is 23.8 Å². The van der Waals surface area contributed by atoms with Gasteiger partial charge in [0.1, 0.15) is 0 Å². The van der Waals surface area contributed by atoms with Crippen LogP contribution in [0.25, 0.3) is 0 Å². The lowest BCUT2D eigenvalue weighted by Gasteiger charge is -2.10. The number of hydrogen-bond acceptors (Lipinski definition) is 0. The summed E-state index contributed by atoms with van der Waals surface area (Å²) >= 11 is 0. The van der Waals surface area contributed by atoms with Crippen LogP contribution in [0.2, 0.25) is 0 Å². The van der Waals surface area contributed by atoms with Crippen LogP contribution in [-0.4, -0.2) is 0 Å². The molecule has 1 rings (SSSR count). The van der Waals surface area contributed by atoms with Gasteiger partial charge in [-0.3, -0.25) is 0 Å². The first-order valence-electron chi connectivity index (χ1n) is 5.12. The van der Waals surface area contributed by atoms with E-state index in [0.29, 0.717) is 0 Å². The summed E-state index contributed by atoms with van der Waals surface area (Å²) in [6.45, 7) is 4.60. The summed E-state index contributed by atoms with van der Waals surface area (Å²) in [6.07, 6.45) is 13.4. The highest BCUT2D eigenvalue weighted by molar-refractivity contribution is 5.06. The summed E-state index contributed by atoms with van der Waals surface area (Å²) in [4.78, 5) is 0. The lowest BCUT2D eigenvalue weighted by atomic mass is 9.96. The molecule has 0 aliphatic heterocycles. The molecule has 0 amide bonds. The van der Waals surface area contributed by atoms with Gasteiger partial charge < -0.3 is 0 Å². The van der Waals surface area contributed by atoms with Crippen LogP contribution >= 0.6 is 0 Å². The van der Waals surface area contributed by atoms with Crippen molar-refractivity contribution in [2.75, 3.05) is 0 Å². The molecule has 0 fully saturated rings. The zero-order valence-corrected chi connectivity index (χ0v) is 8.34. The number of allylic oxidation sites excluding steroid dienone is 4. The van der Waals surface area contributed by atoms with Crippen LogP contribution < -0.4 is 0 Å². The van der Waals surface area contributed by atoms with Gasteiger partial charge in [-0.1, -0.05) is 37.6 Å². The molecule has 0 atom stereocenters. The molecule has 0 heteroatoms. The Morgan fingerprint density at radius 3 is 2.67 bits per heavy atom. The summed E-state index contributed by atoms with van der Waals surface area (Å²) in [5, 5.41) is 0. The summed E-state index contributed by atoms with van der Waals surface area (Å²) < 4.78 is 0. The highest BCUT2D eigenvalue weighted by Crippen LogP contribution is 2.19. The maximum Gasteiger partial charge on any atom is -0.0285 e. The third-order valence-electron chi connectivity index (χ3n) is 2.24. The van der Waals surface area contributed by atoms with Gasteiger partial charge in [0.2, 0.25) is 0 Å². The van der Waals surface area contributed by atoms with Crippen molar-refractivity contribution >= 4 is 0 Å². The summed E-state index contributed by atoms with van der Waals surface area (Å²) in [5.41, 5.74) is 1.68. The molecule has 1 aliphatic rings. The zero-order chi connectivity index (χ0) is 8.81. The van der Waals surface area contributed by atoms with Crippen LogP contribution in [0.4, 0.5) is 0 Å². The summed E-state index contributed by atoms with van der Waals surface area (Å²) in [5.74, 6) is 0.819. The Labute approximate surface area is 76.4 Å². The van der Waals surface area contributed by atoms with Crippen LogP contribution in [0.1, 0.15) is 46.0 Å². The molecule has 0 saturated carbocycles. The second-order valence-corrected chi connectivity index (χ2v) is 4.05. The average molecular weight is 164 g/mol. The summed E-state index contributed by atoms with van der Waals surface area (Å²) in [6, 6.07) is 0. The first-order valence-corrected chi connectivity index (χ1v) is 5.12. The predicted molar refractivity (Wildman–Crippen MR) is 55.1 cm³/mol. The molecule has 0 saturated heterocycles. The predicted octanol–water partition coefficient (Wildman–Crippen LogP) is 4.09. The molecule has 0 N–H and O–H groups in total. The minimum Gasteiger partial charge on any atom is -0.0882 e. The van der Waals surface area contributed by atoms with E-state index in [0.717, 1.165) is 5.92 Å². The second kappa shape index (κ2) is 5.18. The molecular formula is C12H20. The van der Waals surface area contributed by atoms with Crippen molar-refractivity contribution in [2.45, 2.75) is 46.0 Å². The van der Waals surface area contributed by atoms with Crippen LogP contribution in [0.3, 0.4) is 0 Å². The van der Waals surface area contributed by atoms with Crippen molar-refractivity contribution in [3.8, 4) is 0 Å². The van der Waals surface area contributed by atoms with Crippen LogP contribution in [0.5, 0.6) is 0 Å².